The quantitative estimate of drug-likeness (QED) is 0.751. The molecule has 2 heterocycles. The maximum atomic E-state index is 10.5. The molecule has 2 aromatic heterocycles. The van der Waals surface area contributed by atoms with Gasteiger partial charge in [-0.1, -0.05) is 28.1 Å². The minimum atomic E-state index is -0.629. The first-order chi connectivity index (χ1) is 9.16. The molecule has 2 nitrogen and oxygen atoms in total. The molecule has 1 unspecified atom stereocenters. The molecule has 0 aliphatic heterocycles. The zero-order valence-corrected chi connectivity index (χ0v) is 12.7. The van der Waals surface area contributed by atoms with E-state index in [1.165, 1.54) is 4.88 Å². The molecule has 3 rings (SSSR count). The number of aromatic nitrogens is 1. The van der Waals surface area contributed by atoms with E-state index in [-0.39, 0.29) is 0 Å². The van der Waals surface area contributed by atoms with Crippen LogP contribution in [0.5, 0.6) is 0 Å². The number of benzene rings is 1. The van der Waals surface area contributed by atoms with Gasteiger partial charge in [0.2, 0.25) is 0 Å². The highest BCUT2D eigenvalue weighted by atomic mass is 79.9. The summed E-state index contributed by atoms with van der Waals surface area (Å²) in [5.74, 6) is 0. The summed E-state index contributed by atoms with van der Waals surface area (Å²) >= 11 is 5.17. The van der Waals surface area contributed by atoms with E-state index in [4.69, 9.17) is 0 Å². The van der Waals surface area contributed by atoms with Crippen LogP contribution in [-0.4, -0.2) is 10.1 Å². The van der Waals surface area contributed by atoms with Crippen molar-refractivity contribution in [1.29, 1.82) is 0 Å². The van der Waals surface area contributed by atoms with Gasteiger partial charge in [-0.2, -0.15) is 0 Å². The van der Waals surface area contributed by atoms with Crippen LogP contribution in [0.15, 0.2) is 46.4 Å². The Morgan fingerprint density at radius 1 is 1.32 bits per heavy atom. The Bertz CT molecular complexity index is 738. The molecule has 96 valence electrons. The Hall–Kier alpha value is -1.23. The molecule has 1 atom stereocenters. The van der Waals surface area contributed by atoms with Crippen molar-refractivity contribution in [3.63, 3.8) is 0 Å². The van der Waals surface area contributed by atoms with Crippen LogP contribution >= 0.6 is 27.3 Å². The second-order valence-electron chi connectivity index (χ2n) is 4.43. The molecule has 0 saturated carbocycles. The van der Waals surface area contributed by atoms with Gasteiger partial charge in [-0.15, -0.1) is 11.3 Å². The van der Waals surface area contributed by atoms with Crippen molar-refractivity contribution in [3.8, 4) is 0 Å². The average Bonchev–Trinajstić information content (AvgIpc) is 2.86. The van der Waals surface area contributed by atoms with Crippen LogP contribution in [0.25, 0.3) is 10.9 Å². The first-order valence-electron chi connectivity index (χ1n) is 5.93. The molecule has 0 aliphatic rings. The van der Waals surface area contributed by atoms with E-state index in [1.807, 2.05) is 42.6 Å². The van der Waals surface area contributed by atoms with Gasteiger partial charge in [0.25, 0.3) is 0 Å². The van der Waals surface area contributed by atoms with Crippen molar-refractivity contribution >= 4 is 38.2 Å². The van der Waals surface area contributed by atoms with E-state index >= 15 is 0 Å². The number of pyridine rings is 1. The Morgan fingerprint density at radius 2 is 2.16 bits per heavy atom. The summed E-state index contributed by atoms with van der Waals surface area (Å²) in [5, 5.41) is 13.6. The SMILES string of the molecule is Cc1cc(C(O)c2ccc(Br)c3cccnc23)cs1. The Morgan fingerprint density at radius 3 is 2.89 bits per heavy atom. The van der Waals surface area contributed by atoms with Crippen molar-refractivity contribution < 1.29 is 5.11 Å². The van der Waals surface area contributed by atoms with E-state index in [1.54, 1.807) is 17.5 Å². The summed E-state index contributed by atoms with van der Waals surface area (Å²) in [6, 6.07) is 9.81. The number of rotatable bonds is 2. The zero-order chi connectivity index (χ0) is 13.4. The van der Waals surface area contributed by atoms with Crippen molar-refractivity contribution in [2.24, 2.45) is 0 Å². The van der Waals surface area contributed by atoms with Crippen LogP contribution in [0, 0.1) is 6.92 Å². The van der Waals surface area contributed by atoms with Gasteiger partial charge in [-0.05, 0) is 36.1 Å². The number of aliphatic hydroxyl groups is 1. The third kappa shape index (κ3) is 2.31. The molecule has 0 bridgehead atoms. The van der Waals surface area contributed by atoms with E-state index < -0.39 is 6.10 Å². The molecule has 0 amide bonds. The number of thiophene rings is 1. The summed E-state index contributed by atoms with van der Waals surface area (Å²) in [5.41, 5.74) is 2.61. The van der Waals surface area contributed by atoms with E-state index in [0.29, 0.717) is 0 Å². The second-order valence-corrected chi connectivity index (χ2v) is 6.40. The molecule has 19 heavy (non-hydrogen) atoms. The fourth-order valence-electron chi connectivity index (χ4n) is 2.17. The molecule has 1 aromatic carbocycles. The van der Waals surface area contributed by atoms with Gasteiger partial charge in [0, 0.05) is 26.5 Å². The third-order valence-electron chi connectivity index (χ3n) is 3.11. The lowest BCUT2D eigenvalue weighted by atomic mass is 10.0. The van der Waals surface area contributed by atoms with Crippen LogP contribution in [-0.2, 0) is 0 Å². The third-order valence-corrected chi connectivity index (χ3v) is 4.68. The van der Waals surface area contributed by atoms with Gasteiger partial charge in [0.1, 0.15) is 6.10 Å². The Labute approximate surface area is 123 Å². The molecule has 3 aromatic rings. The number of hydrogen-bond donors (Lipinski definition) is 1. The Kier molecular flexibility index (Phi) is 3.39. The summed E-state index contributed by atoms with van der Waals surface area (Å²) < 4.78 is 0.994. The molecule has 0 fully saturated rings. The van der Waals surface area contributed by atoms with Crippen LogP contribution in [0.4, 0.5) is 0 Å². The standard InChI is InChI=1S/C15H12BrNOS/c1-9-7-10(8-19-9)15(18)12-4-5-13(16)11-3-2-6-17-14(11)12/h2-8,15,18H,1H3. The predicted octanol–water partition coefficient (Wildman–Crippen LogP) is 4.45. The first kappa shape index (κ1) is 12.8. The van der Waals surface area contributed by atoms with Gasteiger partial charge in [-0.25, -0.2) is 0 Å². The monoisotopic (exact) mass is 333 g/mol. The Balaban J connectivity index is 2.18. The summed E-state index contributed by atoms with van der Waals surface area (Å²) in [6.45, 7) is 2.04. The van der Waals surface area contributed by atoms with Crippen molar-refractivity contribution in [3.05, 3.63) is 62.4 Å². The van der Waals surface area contributed by atoms with Gasteiger partial charge in [0.15, 0.2) is 0 Å². The summed E-state index contributed by atoms with van der Waals surface area (Å²) in [7, 11) is 0. The number of hydrogen-bond acceptors (Lipinski definition) is 3. The van der Waals surface area contributed by atoms with Gasteiger partial charge in [-0.3, -0.25) is 4.98 Å². The molecule has 0 spiro atoms. The smallest absolute Gasteiger partial charge is 0.107 e. The van der Waals surface area contributed by atoms with Crippen LogP contribution in [0.3, 0.4) is 0 Å². The van der Waals surface area contributed by atoms with E-state index in [0.717, 1.165) is 26.5 Å². The fourth-order valence-corrected chi connectivity index (χ4v) is 3.34. The maximum absolute atomic E-state index is 10.5. The lowest BCUT2D eigenvalue weighted by Gasteiger charge is -2.12. The molecule has 0 radical (unpaired) electrons. The van der Waals surface area contributed by atoms with E-state index in [9.17, 15) is 5.11 Å². The van der Waals surface area contributed by atoms with Crippen LogP contribution in [0.2, 0.25) is 0 Å². The van der Waals surface area contributed by atoms with Crippen LogP contribution in [0.1, 0.15) is 22.1 Å². The average molecular weight is 334 g/mol. The minimum absolute atomic E-state index is 0.629. The first-order valence-corrected chi connectivity index (χ1v) is 7.60. The number of aliphatic hydroxyl groups excluding tert-OH is 1. The lowest BCUT2D eigenvalue weighted by molar-refractivity contribution is 0.222. The maximum Gasteiger partial charge on any atom is 0.107 e. The second kappa shape index (κ2) is 5.04. The summed E-state index contributed by atoms with van der Waals surface area (Å²) in [6.07, 6.45) is 1.12. The van der Waals surface area contributed by atoms with Gasteiger partial charge in [0.05, 0.1) is 5.52 Å². The zero-order valence-electron chi connectivity index (χ0n) is 10.3. The largest absolute Gasteiger partial charge is 0.384 e. The number of halogens is 1. The fraction of sp³-hybridized carbons (Fsp3) is 0.133. The summed E-state index contributed by atoms with van der Waals surface area (Å²) in [4.78, 5) is 5.61. The molecule has 4 heteroatoms. The molecule has 0 aliphatic carbocycles. The van der Waals surface area contributed by atoms with Crippen molar-refractivity contribution in [1.82, 2.24) is 4.98 Å². The van der Waals surface area contributed by atoms with Gasteiger partial charge >= 0.3 is 0 Å². The van der Waals surface area contributed by atoms with Crippen molar-refractivity contribution in [2.45, 2.75) is 13.0 Å². The lowest BCUT2D eigenvalue weighted by Crippen LogP contribution is -2.00. The molecule has 0 saturated heterocycles. The van der Waals surface area contributed by atoms with Crippen LogP contribution < -0.4 is 0 Å². The number of aryl methyl sites for hydroxylation is 1. The topological polar surface area (TPSA) is 33.1 Å². The highest BCUT2D eigenvalue weighted by Crippen LogP contribution is 2.33. The normalized spacial score (nSPS) is 12.8. The van der Waals surface area contributed by atoms with Crippen molar-refractivity contribution in [2.75, 3.05) is 0 Å². The highest BCUT2D eigenvalue weighted by Gasteiger charge is 2.16. The molecular weight excluding hydrogens is 322 g/mol. The number of nitrogens with zero attached hydrogens (tertiary/aromatic N) is 1. The predicted molar refractivity (Wildman–Crippen MR) is 82.6 cm³/mol. The van der Waals surface area contributed by atoms with Gasteiger partial charge < -0.3 is 5.11 Å². The highest BCUT2D eigenvalue weighted by molar-refractivity contribution is 9.10. The molecule has 1 N–H and O–H groups in total. The minimum Gasteiger partial charge on any atom is -0.384 e. The molecular formula is C15H12BrNOS. The number of fused-ring (bicyclic) bond motifs is 1. The van der Waals surface area contributed by atoms with E-state index in [2.05, 4.69) is 20.9 Å².